The van der Waals surface area contributed by atoms with E-state index in [0.717, 1.165) is 19.3 Å². The van der Waals surface area contributed by atoms with Gasteiger partial charge in [-0.25, -0.2) is 0 Å². The van der Waals surface area contributed by atoms with Crippen LogP contribution in [0.25, 0.3) is 0 Å². The largest absolute Gasteiger partial charge is 0.382 e. The second-order valence-electron chi connectivity index (χ2n) is 6.30. The van der Waals surface area contributed by atoms with Crippen molar-refractivity contribution >= 4 is 11.8 Å². The van der Waals surface area contributed by atoms with Crippen LogP contribution in [0.2, 0.25) is 0 Å². The lowest BCUT2D eigenvalue weighted by molar-refractivity contribution is -0.124. The lowest BCUT2D eigenvalue weighted by atomic mass is 10.0. The molecular formula is C18H36N2O4. The predicted octanol–water partition coefficient (Wildman–Crippen LogP) is 2.27. The van der Waals surface area contributed by atoms with Gasteiger partial charge in [0.25, 0.3) is 0 Å². The summed E-state index contributed by atoms with van der Waals surface area (Å²) in [6.45, 7) is 11.1. The molecule has 0 heterocycles. The molecule has 6 nitrogen and oxygen atoms in total. The number of carbonyl (C=O) groups is 2. The average Bonchev–Trinajstić information content (AvgIpc) is 2.53. The summed E-state index contributed by atoms with van der Waals surface area (Å²) in [6, 6.07) is -0.0274. The van der Waals surface area contributed by atoms with Crippen molar-refractivity contribution in [3.63, 3.8) is 0 Å². The lowest BCUT2D eigenvalue weighted by Crippen LogP contribution is -2.44. The van der Waals surface area contributed by atoms with Crippen LogP contribution in [0.1, 0.15) is 59.8 Å². The van der Waals surface area contributed by atoms with E-state index in [1.54, 1.807) is 0 Å². The Morgan fingerprint density at radius 2 is 1.46 bits per heavy atom. The Morgan fingerprint density at radius 1 is 0.917 bits per heavy atom. The van der Waals surface area contributed by atoms with E-state index in [9.17, 15) is 9.59 Å². The zero-order chi connectivity index (χ0) is 18.2. The first-order chi connectivity index (χ1) is 11.5. The highest BCUT2D eigenvalue weighted by Gasteiger charge is 2.15. The highest BCUT2D eigenvalue weighted by atomic mass is 16.5. The van der Waals surface area contributed by atoms with Crippen molar-refractivity contribution < 1.29 is 19.1 Å². The van der Waals surface area contributed by atoms with Crippen LogP contribution in [0.4, 0.5) is 0 Å². The molecule has 0 aromatic rings. The van der Waals surface area contributed by atoms with E-state index in [1.165, 1.54) is 0 Å². The van der Waals surface area contributed by atoms with Crippen LogP contribution >= 0.6 is 0 Å². The normalized spacial score (nSPS) is 12.2. The first-order valence-corrected chi connectivity index (χ1v) is 9.21. The molecule has 6 heteroatoms. The maximum atomic E-state index is 12.0. The van der Waals surface area contributed by atoms with Gasteiger partial charge in [0.1, 0.15) is 0 Å². The molecule has 0 saturated carbocycles. The van der Waals surface area contributed by atoms with E-state index in [0.29, 0.717) is 51.7 Å². The van der Waals surface area contributed by atoms with Crippen molar-refractivity contribution in [2.24, 2.45) is 5.92 Å². The molecule has 24 heavy (non-hydrogen) atoms. The van der Waals surface area contributed by atoms with E-state index >= 15 is 0 Å². The Morgan fingerprint density at radius 3 is 1.96 bits per heavy atom. The minimum atomic E-state index is -0.0274. The van der Waals surface area contributed by atoms with Crippen molar-refractivity contribution in [2.75, 3.05) is 33.0 Å². The summed E-state index contributed by atoms with van der Waals surface area (Å²) >= 11 is 0. The third-order valence-electron chi connectivity index (χ3n) is 3.46. The van der Waals surface area contributed by atoms with Gasteiger partial charge in [0.05, 0.1) is 0 Å². The highest BCUT2D eigenvalue weighted by Crippen LogP contribution is 2.05. The standard InChI is InChI=1S/C18H36N2O4/c1-5-23-11-7-9-17(21)19-14-16(13-15(3)4)20-18(22)10-8-12-24-6-2/h15-16H,5-14H2,1-4H3,(H,19,21)(H,20,22)/t16-/m1/s1. The summed E-state index contributed by atoms with van der Waals surface area (Å²) < 4.78 is 10.5. The smallest absolute Gasteiger partial charge is 0.220 e. The molecule has 2 N–H and O–H groups in total. The van der Waals surface area contributed by atoms with Crippen LogP contribution in [-0.2, 0) is 19.1 Å². The minimum Gasteiger partial charge on any atom is -0.382 e. The van der Waals surface area contributed by atoms with Gasteiger partial charge >= 0.3 is 0 Å². The van der Waals surface area contributed by atoms with Gasteiger partial charge in [0.2, 0.25) is 11.8 Å². The van der Waals surface area contributed by atoms with Crippen LogP contribution in [0.3, 0.4) is 0 Å². The summed E-state index contributed by atoms with van der Waals surface area (Å²) in [4.78, 5) is 23.8. The summed E-state index contributed by atoms with van der Waals surface area (Å²) in [7, 11) is 0. The number of hydrogen-bond acceptors (Lipinski definition) is 4. The van der Waals surface area contributed by atoms with Crippen LogP contribution < -0.4 is 10.6 Å². The summed E-state index contributed by atoms with van der Waals surface area (Å²) in [5, 5.41) is 5.94. The molecule has 0 aliphatic rings. The fourth-order valence-corrected chi connectivity index (χ4v) is 2.35. The van der Waals surface area contributed by atoms with E-state index in [2.05, 4.69) is 24.5 Å². The van der Waals surface area contributed by atoms with Gasteiger partial charge in [-0.3, -0.25) is 9.59 Å². The van der Waals surface area contributed by atoms with E-state index in [4.69, 9.17) is 9.47 Å². The molecule has 0 fully saturated rings. The number of amides is 2. The topological polar surface area (TPSA) is 76.7 Å². The monoisotopic (exact) mass is 344 g/mol. The van der Waals surface area contributed by atoms with Gasteiger partial charge in [-0.15, -0.1) is 0 Å². The van der Waals surface area contributed by atoms with Gasteiger partial charge in [-0.05, 0) is 39.0 Å². The van der Waals surface area contributed by atoms with E-state index in [1.807, 2.05) is 13.8 Å². The number of rotatable bonds is 15. The maximum Gasteiger partial charge on any atom is 0.220 e. The number of nitrogens with one attached hydrogen (secondary N) is 2. The first-order valence-electron chi connectivity index (χ1n) is 9.21. The second kappa shape index (κ2) is 15.4. The third kappa shape index (κ3) is 14.5. The molecular weight excluding hydrogens is 308 g/mol. The van der Waals surface area contributed by atoms with Gasteiger partial charge in [-0.1, -0.05) is 13.8 Å². The molecule has 0 rings (SSSR count). The minimum absolute atomic E-state index is 0.00838. The first kappa shape index (κ1) is 22.9. The molecule has 0 radical (unpaired) electrons. The fourth-order valence-electron chi connectivity index (χ4n) is 2.35. The maximum absolute atomic E-state index is 12.0. The van der Waals surface area contributed by atoms with Crippen molar-refractivity contribution in [2.45, 2.75) is 65.8 Å². The predicted molar refractivity (Wildman–Crippen MR) is 95.8 cm³/mol. The van der Waals surface area contributed by atoms with Gasteiger partial charge in [0, 0.05) is 51.9 Å². The molecule has 0 unspecified atom stereocenters. The Hall–Kier alpha value is -1.14. The molecule has 2 amide bonds. The fraction of sp³-hybridized carbons (Fsp3) is 0.889. The second-order valence-corrected chi connectivity index (χ2v) is 6.30. The Kier molecular flexibility index (Phi) is 14.7. The number of ether oxygens (including phenoxy) is 2. The average molecular weight is 344 g/mol. The molecule has 0 aliphatic heterocycles. The summed E-state index contributed by atoms with van der Waals surface area (Å²) in [5.74, 6) is 0.480. The van der Waals surface area contributed by atoms with Gasteiger partial charge < -0.3 is 20.1 Å². The van der Waals surface area contributed by atoms with Crippen LogP contribution in [0.15, 0.2) is 0 Å². The quantitative estimate of drug-likeness (QED) is 0.447. The summed E-state index contributed by atoms with van der Waals surface area (Å²) in [6.07, 6.45) is 3.19. The molecule has 0 spiro atoms. The molecule has 142 valence electrons. The highest BCUT2D eigenvalue weighted by molar-refractivity contribution is 5.77. The molecule has 0 aromatic carbocycles. The van der Waals surface area contributed by atoms with Gasteiger partial charge in [-0.2, -0.15) is 0 Å². The SMILES string of the molecule is CCOCCCC(=O)NC[C@@H](CC(C)C)NC(=O)CCCOCC. The zero-order valence-corrected chi connectivity index (χ0v) is 15.9. The summed E-state index contributed by atoms with van der Waals surface area (Å²) in [5.41, 5.74) is 0. The van der Waals surface area contributed by atoms with Crippen molar-refractivity contribution in [3.05, 3.63) is 0 Å². The molecule has 0 bridgehead atoms. The Labute approximate surface area is 147 Å². The van der Waals surface area contributed by atoms with Crippen molar-refractivity contribution in [3.8, 4) is 0 Å². The lowest BCUT2D eigenvalue weighted by Gasteiger charge is -2.21. The van der Waals surface area contributed by atoms with Crippen molar-refractivity contribution in [1.29, 1.82) is 0 Å². The van der Waals surface area contributed by atoms with Crippen LogP contribution in [0, 0.1) is 5.92 Å². The van der Waals surface area contributed by atoms with Crippen LogP contribution in [-0.4, -0.2) is 50.8 Å². The Balaban J connectivity index is 4.07. The molecule has 0 saturated heterocycles. The number of carbonyl (C=O) groups excluding carboxylic acids is 2. The molecule has 0 aliphatic carbocycles. The van der Waals surface area contributed by atoms with Crippen LogP contribution in [0.5, 0.6) is 0 Å². The van der Waals surface area contributed by atoms with E-state index in [-0.39, 0.29) is 17.9 Å². The van der Waals surface area contributed by atoms with E-state index < -0.39 is 0 Å². The molecule has 1 atom stereocenters. The number of hydrogen-bond donors (Lipinski definition) is 2. The molecule has 0 aromatic heterocycles. The third-order valence-corrected chi connectivity index (χ3v) is 3.46. The Bertz CT molecular complexity index is 335. The van der Waals surface area contributed by atoms with Crippen molar-refractivity contribution in [1.82, 2.24) is 10.6 Å². The zero-order valence-electron chi connectivity index (χ0n) is 15.9. The van der Waals surface area contributed by atoms with Gasteiger partial charge in [0.15, 0.2) is 0 Å².